The first-order valence-electron chi connectivity index (χ1n) is 9.05. The number of H-pyrrole nitrogens is 1. The molecule has 136 valence electrons. The minimum atomic E-state index is -0.0291. The van der Waals surface area contributed by atoms with E-state index in [4.69, 9.17) is 5.73 Å². The Morgan fingerprint density at radius 2 is 2.19 bits per heavy atom. The van der Waals surface area contributed by atoms with Crippen molar-refractivity contribution in [3.63, 3.8) is 0 Å². The Morgan fingerprint density at radius 1 is 1.35 bits per heavy atom. The number of rotatable bonds is 5. The second-order valence-electron chi connectivity index (χ2n) is 7.07. The van der Waals surface area contributed by atoms with Crippen LogP contribution in [0.3, 0.4) is 0 Å². The molecule has 1 aliphatic rings. The maximum atomic E-state index is 12.6. The van der Waals surface area contributed by atoms with Gasteiger partial charge in [0.15, 0.2) is 0 Å². The molecule has 0 unspecified atom stereocenters. The largest absolute Gasteiger partial charge is 0.342 e. The molecule has 0 spiro atoms. The maximum Gasteiger partial charge on any atom is 0.222 e. The molecular formula is C19H24N6O. The van der Waals surface area contributed by atoms with Gasteiger partial charge in [0.25, 0.3) is 0 Å². The highest BCUT2D eigenvalue weighted by atomic mass is 16.2. The Kier molecular flexibility index (Phi) is 4.46. The SMILES string of the molecule is Cn1cc([C@@H]2CN(C(=O)CCCc3nc4ccccc4[nH]3)C[C@H]2N)cn1. The monoisotopic (exact) mass is 352 g/mol. The van der Waals surface area contributed by atoms with Crippen molar-refractivity contribution in [2.45, 2.75) is 31.2 Å². The maximum absolute atomic E-state index is 12.6. The summed E-state index contributed by atoms with van der Waals surface area (Å²) in [4.78, 5) is 22.3. The lowest BCUT2D eigenvalue weighted by atomic mass is 9.98. The molecule has 26 heavy (non-hydrogen) atoms. The Hall–Kier alpha value is -2.67. The Bertz CT molecular complexity index is 881. The lowest BCUT2D eigenvalue weighted by molar-refractivity contribution is -0.130. The summed E-state index contributed by atoms with van der Waals surface area (Å²) < 4.78 is 1.78. The third-order valence-corrected chi connectivity index (χ3v) is 5.11. The Balaban J connectivity index is 1.31. The molecule has 2 atom stereocenters. The number of para-hydroxylation sites is 2. The standard InChI is InChI=1S/C19H24N6O/c1-24-10-13(9-21-24)14-11-25(12-15(14)20)19(26)8-4-7-18-22-16-5-2-3-6-17(16)23-18/h2-3,5-6,9-10,14-15H,4,7-8,11-12,20H2,1H3,(H,22,23)/t14-,15+/m0/s1. The van der Waals surface area contributed by atoms with Crippen LogP contribution in [0.15, 0.2) is 36.7 Å². The number of amides is 1. The topological polar surface area (TPSA) is 92.8 Å². The first-order valence-corrected chi connectivity index (χ1v) is 9.05. The zero-order chi connectivity index (χ0) is 18.1. The molecule has 4 rings (SSSR count). The van der Waals surface area contributed by atoms with Crippen LogP contribution in [0.1, 0.15) is 30.1 Å². The number of fused-ring (bicyclic) bond motifs is 1. The lowest BCUT2D eigenvalue weighted by Crippen LogP contribution is -2.32. The first kappa shape index (κ1) is 16.8. The highest BCUT2D eigenvalue weighted by molar-refractivity contribution is 5.77. The predicted molar refractivity (Wildman–Crippen MR) is 99.5 cm³/mol. The average Bonchev–Trinajstić information content (AvgIpc) is 3.32. The van der Waals surface area contributed by atoms with Crippen molar-refractivity contribution in [3.05, 3.63) is 48.0 Å². The molecule has 7 nitrogen and oxygen atoms in total. The summed E-state index contributed by atoms with van der Waals surface area (Å²) in [6.07, 6.45) is 5.90. The number of carbonyl (C=O) groups excluding carboxylic acids is 1. The van der Waals surface area contributed by atoms with Crippen molar-refractivity contribution in [2.75, 3.05) is 13.1 Å². The number of aryl methyl sites for hydroxylation is 2. The van der Waals surface area contributed by atoms with Crippen LogP contribution in [0.5, 0.6) is 0 Å². The van der Waals surface area contributed by atoms with E-state index in [-0.39, 0.29) is 17.9 Å². The highest BCUT2D eigenvalue weighted by Crippen LogP contribution is 2.26. The minimum Gasteiger partial charge on any atom is -0.342 e. The number of nitrogens with zero attached hydrogens (tertiary/aromatic N) is 4. The van der Waals surface area contributed by atoms with Gasteiger partial charge in [-0.05, 0) is 24.1 Å². The number of aromatic amines is 1. The fourth-order valence-electron chi connectivity index (χ4n) is 3.71. The van der Waals surface area contributed by atoms with Crippen molar-refractivity contribution in [1.82, 2.24) is 24.6 Å². The summed E-state index contributed by atoms with van der Waals surface area (Å²) in [7, 11) is 1.89. The third kappa shape index (κ3) is 3.35. The van der Waals surface area contributed by atoms with Crippen LogP contribution < -0.4 is 5.73 Å². The average molecular weight is 352 g/mol. The lowest BCUT2D eigenvalue weighted by Gasteiger charge is -2.15. The fraction of sp³-hybridized carbons (Fsp3) is 0.421. The number of carbonyl (C=O) groups is 1. The van der Waals surface area contributed by atoms with E-state index >= 15 is 0 Å². The van der Waals surface area contributed by atoms with E-state index < -0.39 is 0 Å². The Morgan fingerprint density at radius 3 is 2.96 bits per heavy atom. The number of aromatic nitrogens is 4. The third-order valence-electron chi connectivity index (χ3n) is 5.11. The fourth-order valence-corrected chi connectivity index (χ4v) is 3.71. The van der Waals surface area contributed by atoms with E-state index in [9.17, 15) is 4.79 Å². The molecule has 1 amide bonds. The van der Waals surface area contributed by atoms with Crippen LogP contribution >= 0.6 is 0 Å². The molecule has 0 bridgehead atoms. The van der Waals surface area contributed by atoms with Gasteiger partial charge in [-0.2, -0.15) is 5.10 Å². The molecule has 1 saturated heterocycles. The van der Waals surface area contributed by atoms with E-state index in [0.717, 1.165) is 35.3 Å². The molecule has 3 N–H and O–H groups in total. The minimum absolute atomic E-state index is 0.0291. The van der Waals surface area contributed by atoms with E-state index in [1.807, 2.05) is 48.6 Å². The van der Waals surface area contributed by atoms with Gasteiger partial charge in [-0.15, -0.1) is 0 Å². The smallest absolute Gasteiger partial charge is 0.222 e. The molecule has 7 heteroatoms. The number of nitrogens with one attached hydrogen (secondary N) is 1. The van der Waals surface area contributed by atoms with E-state index in [2.05, 4.69) is 15.1 Å². The summed E-state index contributed by atoms with van der Waals surface area (Å²) in [6, 6.07) is 7.94. The van der Waals surface area contributed by atoms with Crippen LogP contribution in [0.25, 0.3) is 11.0 Å². The van der Waals surface area contributed by atoms with Crippen LogP contribution in [0.2, 0.25) is 0 Å². The van der Waals surface area contributed by atoms with Crippen LogP contribution in [0.4, 0.5) is 0 Å². The zero-order valence-corrected chi connectivity index (χ0v) is 14.9. The zero-order valence-electron chi connectivity index (χ0n) is 14.9. The first-order chi connectivity index (χ1) is 12.6. The summed E-state index contributed by atoms with van der Waals surface area (Å²) >= 11 is 0. The molecule has 1 aliphatic heterocycles. The summed E-state index contributed by atoms with van der Waals surface area (Å²) in [5.74, 6) is 1.27. The van der Waals surface area contributed by atoms with Crippen molar-refractivity contribution in [2.24, 2.45) is 12.8 Å². The molecule has 0 radical (unpaired) electrons. The second-order valence-corrected chi connectivity index (χ2v) is 7.07. The number of benzene rings is 1. The number of likely N-dealkylation sites (tertiary alicyclic amines) is 1. The van der Waals surface area contributed by atoms with Gasteiger partial charge in [-0.25, -0.2) is 4.98 Å². The van der Waals surface area contributed by atoms with Crippen molar-refractivity contribution >= 4 is 16.9 Å². The van der Waals surface area contributed by atoms with E-state index in [1.54, 1.807) is 4.68 Å². The summed E-state index contributed by atoms with van der Waals surface area (Å²) in [5, 5.41) is 4.21. The van der Waals surface area contributed by atoms with Gasteiger partial charge >= 0.3 is 0 Å². The van der Waals surface area contributed by atoms with Gasteiger partial charge in [0.2, 0.25) is 5.91 Å². The number of hydrogen-bond donors (Lipinski definition) is 2. The molecule has 2 aromatic heterocycles. The summed E-state index contributed by atoms with van der Waals surface area (Å²) in [6.45, 7) is 1.29. The molecule has 0 saturated carbocycles. The highest BCUT2D eigenvalue weighted by Gasteiger charge is 2.34. The van der Waals surface area contributed by atoms with Crippen LogP contribution in [-0.4, -0.2) is 49.7 Å². The van der Waals surface area contributed by atoms with E-state index in [0.29, 0.717) is 19.5 Å². The molecule has 1 aromatic carbocycles. The molecule has 0 aliphatic carbocycles. The molecular weight excluding hydrogens is 328 g/mol. The second kappa shape index (κ2) is 6.92. The van der Waals surface area contributed by atoms with Gasteiger partial charge < -0.3 is 15.6 Å². The van der Waals surface area contributed by atoms with Gasteiger partial charge in [0, 0.05) is 51.1 Å². The van der Waals surface area contributed by atoms with Crippen molar-refractivity contribution in [1.29, 1.82) is 0 Å². The van der Waals surface area contributed by atoms with Gasteiger partial charge in [-0.3, -0.25) is 9.48 Å². The Labute approximate surface area is 152 Å². The van der Waals surface area contributed by atoms with Gasteiger partial charge in [-0.1, -0.05) is 12.1 Å². The van der Waals surface area contributed by atoms with E-state index in [1.165, 1.54) is 0 Å². The number of nitrogens with two attached hydrogens (primary N) is 1. The summed E-state index contributed by atoms with van der Waals surface area (Å²) in [5.41, 5.74) is 9.39. The number of imidazole rings is 1. The van der Waals surface area contributed by atoms with Gasteiger partial charge in [0.05, 0.1) is 17.2 Å². The number of hydrogen-bond acceptors (Lipinski definition) is 4. The molecule has 3 aromatic rings. The predicted octanol–water partition coefficient (Wildman–Crippen LogP) is 1.57. The quantitative estimate of drug-likeness (QED) is 0.729. The van der Waals surface area contributed by atoms with Gasteiger partial charge in [0.1, 0.15) is 5.82 Å². The molecule has 1 fully saturated rings. The van der Waals surface area contributed by atoms with Crippen LogP contribution in [0, 0.1) is 0 Å². The molecule has 3 heterocycles. The van der Waals surface area contributed by atoms with Crippen molar-refractivity contribution in [3.8, 4) is 0 Å². The normalized spacial score (nSPS) is 20.2. The van der Waals surface area contributed by atoms with Crippen molar-refractivity contribution < 1.29 is 4.79 Å². The van der Waals surface area contributed by atoms with Crippen LogP contribution in [-0.2, 0) is 18.3 Å².